The highest BCUT2D eigenvalue weighted by Crippen LogP contribution is 2.48. The topological polar surface area (TPSA) is 334 Å². The maximum Gasteiger partial charge on any atom is 0.409 e. The number of fused-ring (bicyclic) bond motifs is 8. The number of benzene rings is 7. The first-order valence-electron chi connectivity index (χ1n) is 37.8. The molecule has 11 aromatic rings. The molecule has 4 aliphatic rings. The minimum absolute atomic E-state index is 0.0318. The third kappa shape index (κ3) is 17.0. The van der Waals surface area contributed by atoms with E-state index in [2.05, 4.69) is 89.1 Å². The zero-order valence-electron chi connectivity index (χ0n) is 63.7. The number of carbonyl (C=O) groups excluding carboxylic acids is 6. The van der Waals surface area contributed by atoms with Gasteiger partial charge in [-0.05, 0) is 105 Å². The molecule has 0 saturated carbocycles. The number of ether oxygens (including phenoxy) is 8. The Morgan fingerprint density at radius 2 is 0.930 bits per heavy atom. The maximum atomic E-state index is 13.2. The summed E-state index contributed by atoms with van der Waals surface area (Å²) < 4.78 is 50.8. The summed E-state index contributed by atoms with van der Waals surface area (Å²) in [4.78, 5) is 104. The van der Waals surface area contributed by atoms with Gasteiger partial charge in [0.05, 0.1) is 52.6 Å². The fourth-order valence-electron chi connectivity index (χ4n) is 15.2. The number of anilines is 2. The van der Waals surface area contributed by atoms with E-state index in [1.165, 1.54) is 35.7 Å². The molecule has 588 valence electrons. The predicted molar refractivity (Wildman–Crippen MR) is 420 cm³/mol. The van der Waals surface area contributed by atoms with Crippen LogP contribution in [-0.4, -0.2) is 187 Å². The molecule has 114 heavy (non-hydrogen) atoms. The number of aliphatic hydroxyl groups is 2. The summed E-state index contributed by atoms with van der Waals surface area (Å²) in [5.41, 5.74) is 12.2. The lowest BCUT2D eigenvalue weighted by atomic mass is 9.80. The molecule has 15 rings (SSSR count). The second-order valence-electron chi connectivity index (χ2n) is 28.4. The van der Waals surface area contributed by atoms with Crippen LogP contribution in [0.5, 0.6) is 11.5 Å². The Hall–Kier alpha value is -12.3. The lowest BCUT2D eigenvalue weighted by molar-refractivity contribution is -0.153. The predicted octanol–water partition coefficient (Wildman–Crippen LogP) is 12.1. The van der Waals surface area contributed by atoms with Gasteiger partial charge in [-0.15, -0.1) is 0 Å². The minimum atomic E-state index is -1.10. The molecule has 4 amide bonds. The number of nitrogens with one attached hydrogen (secondary N) is 2. The number of hydrogen-bond acceptors (Lipinski definition) is 22. The number of carbonyl (C=O) groups is 6. The minimum Gasteiger partial charge on any atom is -0.497 e. The third-order valence-corrected chi connectivity index (χ3v) is 21.1. The summed E-state index contributed by atoms with van der Waals surface area (Å²) in [5, 5.41) is 26.9. The molecule has 4 aromatic heterocycles. The van der Waals surface area contributed by atoms with Crippen molar-refractivity contribution in [1.82, 2.24) is 48.8 Å². The molecule has 2 fully saturated rings. The molecule has 28 heteroatoms. The lowest BCUT2D eigenvalue weighted by Crippen LogP contribution is -2.38. The SMILES string of the molecule is CC(=O)CCC(=O)O[C@H]1C[C@H](n2cnc3c(NC(=O)CCCN(C)C(=O)OCC4c5ccccc5-c5ccccc54)ncnc32)O[C@@H]1CO.COc1ccc(C(OC[C@H]2O[C@@H](n3cnc4c(NC(=O)CCCN(C)C(=O)OCC5c6ccccc6-c6ccccc65)ncnc43)CC2O)(c2ccccc2)c2ccc(OC)cc2)cc1. The first-order chi connectivity index (χ1) is 55.5. The van der Waals surface area contributed by atoms with Crippen molar-refractivity contribution in [3.8, 4) is 33.8 Å². The second kappa shape index (κ2) is 35.6. The Bertz CT molecular complexity index is 5120. The van der Waals surface area contributed by atoms with Crippen LogP contribution in [0, 0.1) is 0 Å². The van der Waals surface area contributed by atoms with Crippen LogP contribution in [0.15, 0.2) is 201 Å². The number of Topliss-reactive ketones (excluding diaryl/α,β-unsaturated/α-hetero) is 1. The Labute approximate surface area is 657 Å². The van der Waals surface area contributed by atoms with Crippen LogP contribution in [0.3, 0.4) is 0 Å². The van der Waals surface area contributed by atoms with Crippen molar-refractivity contribution in [3.05, 3.63) is 240 Å². The van der Waals surface area contributed by atoms with Gasteiger partial charge >= 0.3 is 18.2 Å². The zero-order valence-corrected chi connectivity index (χ0v) is 63.7. The third-order valence-electron chi connectivity index (χ3n) is 21.1. The van der Waals surface area contributed by atoms with Crippen LogP contribution < -0.4 is 20.1 Å². The molecule has 2 aliphatic carbocycles. The van der Waals surface area contributed by atoms with Gasteiger partial charge in [-0.1, -0.05) is 152 Å². The summed E-state index contributed by atoms with van der Waals surface area (Å²) in [7, 11) is 6.56. The number of aliphatic hydroxyl groups excluding tert-OH is 2. The molecule has 2 aliphatic heterocycles. The monoisotopic (exact) mass is 1540 g/mol. The second-order valence-corrected chi connectivity index (χ2v) is 28.4. The van der Waals surface area contributed by atoms with E-state index in [4.69, 9.17) is 37.9 Å². The Kier molecular flexibility index (Phi) is 24.4. The van der Waals surface area contributed by atoms with Crippen LogP contribution in [-0.2, 0) is 53.2 Å². The number of ketones is 1. The number of methoxy groups -OCH3 is 2. The fraction of sp³-hybridized carbons (Fsp3) is 0.326. The maximum absolute atomic E-state index is 13.2. The van der Waals surface area contributed by atoms with Crippen LogP contribution in [0.4, 0.5) is 21.2 Å². The zero-order chi connectivity index (χ0) is 79.4. The largest absolute Gasteiger partial charge is 0.497 e. The van der Waals surface area contributed by atoms with E-state index in [-0.39, 0.29) is 106 Å². The molecule has 1 unspecified atom stereocenters. The molecule has 6 atom stereocenters. The number of esters is 1. The van der Waals surface area contributed by atoms with Crippen molar-refractivity contribution in [2.75, 3.05) is 78.5 Å². The summed E-state index contributed by atoms with van der Waals surface area (Å²) in [6, 6.07) is 58.1. The molecule has 28 nitrogen and oxygen atoms in total. The van der Waals surface area contributed by atoms with Gasteiger partial charge in [0.15, 0.2) is 34.0 Å². The van der Waals surface area contributed by atoms with Crippen LogP contribution in [0.25, 0.3) is 44.6 Å². The normalized spacial score (nSPS) is 17.4. The van der Waals surface area contributed by atoms with Crippen LogP contribution >= 0.6 is 0 Å². The molecule has 6 heterocycles. The molecule has 2 saturated heterocycles. The number of amides is 4. The van der Waals surface area contributed by atoms with Gasteiger partial charge in [-0.3, -0.25) is 23.5 Å². The van der Waals surface area contributed by atoms with Gasteiger partial charge in [0, 0.05) is 71.1 Å². The van der Waals surface area contributed by atoms with Crippen molar-refractivity contribution in [2.24, 2.45) is 0 Å². The van der Waals surface area contributed by atoms with Gasteiger partial charge in [0.2, 0.25) is 11.8 Å². The highest BCUT2D eigenvalue weighted by molar-refractivity contribution is 5.98. The van der Waals surface area contributed by atoms with Gasteiger partial charge in [-0.2, -0.15) is 0 Å². The molecule has 0 spiro atoms. The van der Waals surface area contributed by atoms with Crippen molar-refractivity contribution < 1.29 is 76.9 Å². The van der Waals surface area contributed by atoms with Crippen LogP contribution in [0.2, 0.25) is 0 Å². The highest BCUT2D eigenvalue weighted by atomic mass is 16.6. The lowest BCUT2D eigenvalue weighted by Gasteiger charge is -2.37. The number of rotatable bonds is 29. The number of aromatic nitrogens is 8. The van der Waals surface area contributed by atoms with Gasteiger partial charge in [0.25, 0.3) is 0 Å². The van der Waals surface area contributed by atoms with Crippen molar-refractivity contribution >= 4 is 69.7 Å². The Morgan fingerprint density at radius 1 is 0.509 bits per heavy atom. The summed E-state index contributed by atoms with van der Waals surface area (Å²) in [6.07, 6.45) is 1.93. The van der Waals surface area contributed by atoms with Crippen molar-refractivity contribution in [3.63, 3.8) is 0 Å². The van der Waals surface area contributed by atoms with E-state index < -0.39 is 60.6 Å². The average Bonchev–Trinajstić information content (AvgIpc) is 1.15. The molecule has 0 bridgehead atoms. The standard InChI is InChI=1S/C51H50N6O8.C35H38N6O8/c1-56(50(60)63-29-42-40-16-9-7-14-38(40)39-15-8-10-17-41(39)42)27-11-18-45(59)55-48-47-49(53-31-52-48)57(32-54-47)46-28-43(58)44(65-46)30-64-51(33-12-5-4-6-13-33,34-19-23-36(61-2)24-20-34)35-21-25-37(62-3)26-22-35;1-21(43)13-14-31(45)49-27-16-30(48-28(27)17-42)41-20-38-32-33(36-19-37-34(32)41)39-29(44)12-7-15-40(2)35(46)47-18-26-24-10-5-3-8-22(24)23-9-4-6-11-25(23)26/h4-10,12-17,19-26,31-32,42-44,46,58H,11,18,27-30H2,1-3H3,(H,52,53,55,59);3-6,8-11,19-20,26-28,30,42H,7,12-18H2,1-2H3,(H,36,37,39,44)/t43?,44-,46-;27-,28+,30+/m10/s1. The number of imidazole rings is 2. The number of hydrogen-bond donors (Lipinski definition) is 4. The Morgan fingerprint density at radius 3 is 1.37 bits per heavy atom. The molecule has 0 radical (unpaired) electrons. The Balaban J connectivity index is 0.000000196. The molecular weight excluding hydrogens is 1460 g/mol. The summed E-state index contributed by atoms with van der Waals surface area (Å²) in [5.74, 6) is 0.516. The summed E-state index contributed by atoms with van der Waals surface area (Å²) in [6.45, 7) is 2.12. The highest BCUT2D eigenvalue weighted by Gasteiger charge is 2.44. The van der Waals surface area contributed by atoms with Crippen molar-refractivity contribution in [2.45, 2.75) is 113 Å². The molecular formula is C86H88N12O16. The summed E-state index contributed by atoms with van der Waals surface area (Å²) >= 11 is 0. The van der Waals surface area contributed by atoms with Gasteiger partial charge in [0.1, 0.15) is 79.5 Å². The first-order valence-corrected chi connectivity index (χ1v) is 37.8. The first kappa shape index (κ1) is 78.4. The average molecular weight is 1550 g/mol. The van der Waals surface area contributed by atoms with Crippen molar-refractivity contribution in [1.29, 1.82) is 0 Å². The molecule has 4 N–H and O–H groups in total. The van der Waals surface area contributed by atoms with Gasteiger partial charge in [-0.25, -0.2) is 39.5 Å². The van der Waals surface area contributed by atoms with E-state index in [0.717, 1.165) is 61.2 Å². The number of nitrogens with zero attached hydrogens (tertiary/aromatic N) is 10. The van der Waals surface area contributed by atoms with E-state index in [0.29, 0.717) is 59.8 Å². The van der Waals surface area contributed by atoms with E-state index in [1.807, 2.05) is 127 Å². The quantitative estimate of drug-likeness (QED) is 0.0192. The van der Waals surface area contributed by atoms with E-state index >= 15 is 0 Å². The van der Waals surface area contributed by atoms with E-state index in [9.17, 15) is 39.0 Å². The molecule has 7 aromatic carbocycles. The van der Waals surface area contributed by atoms with Crippen LogP contribution in [0.1, 0.15) is 122 Å². The smallest absolute Gasteiger partial charge is 0.409 e. The van der Waals surface area contributed by atoms with E-state index in [1.54, 1.807) is 43.8 Å². The fourth-order valence-corrected chi connectivity index (χ4v) is 15.2. The van der Waals surface area contributed by atoms with Gasteiger partial charge < -0.3 is 73.3 Å².